The van der Waals surface area contributed by atoms with Gasteiger partial charge in [-0.05, 0) is 44.9 Å². The minimum atomic E-state index is -0.310. The normalized spacial score (nSPS) is 26.6. The lowest BCUT2D eigenvalue weighted by atomic mass is 9.98. The first-order valence-corrected chi connectivity index (χ1v) is 8.49. The van der Waals surface area contributed by atoms with Crippen LogP contribution in [-0.2, 0) is 14.3 Å². The van der Waals surface area contributed by atoms with Crippen molar-refractivity contribution in [2.24, 2.45) is 11.7 Å². The quantitative estimate of drug-likeness (QED) is 0.712. The topological polar surface area (TPSA) is 73.6 Å². The fourth-order valence-electron chi connectivity index (χ4n) is 3.52. The van der Waals surface area contributed by atoms with E-state index in [4.69, 9.17) is 15.2 Å². The molecule has 0 spiro atoms. The van der Waals surface area contributed by atoms with E-state index in [9.17, 15) is 4.79 Å². The maximum absolute atomic E-state index is 12.0. The van der Waals surface area contributed by atoms with Gasteiger partial charge in [0.1, 0.15) is 6.10 Å². The standard InChI is InChI=1S/C16H30N2O3.ClH/c1-2-20-14(12-5-3-4-6-12)9-10-18-16(19)15-8-7-13(11-17)21-15;/h12-15H,2-11,17H2,1H3,(H,18,19);1H/t13-,14?,15+;/m1./s1. The molecule has 130 valence electrons. The van der Waals surface area contributed by atoms with E-state index in [1.165, 1.54) is 25.7 Å². The minimum Gasteiger partial charge on any atom is -0.378 e. The third-order valence-corrected chi connectivity index (χ3v) is 4.70. The van der Waals surface area contributed by atoms with E-state index >= 15 is 0 Å². The fourth-order valence-corrected chi connectivity index (χ4v) is 3.52. The van der Waals surface area contributed by atoms with Crippen molar-refractivity contribution in [1.29, 1.82) is 0 Å². The van der Waals surface area contributed by atoms with Crippen molar-refractivity contribution in [3.8, 4) is 0 Å². The average Bonchev–Trinajstić information content (AvgIpc) is 3.17. The molecule has 6 heteroatoms. The molecule has 1 aliphatic carbocycles. The molecule has 0 aromatic carbocycles. The van der Waals surface area contributed by atoms with Crippen LogP contribution in [0.3, 0.4) is 0 Å². The second-order valence-corrected chi connectivity index (χ2v) is 6.18. The van der Waals surface area contributed by atoms with E-state index in [1.54, 1.807) is 0 Å². The van der Waals surface area contributed by atoms with E-state index in [0.717, 1.165) is 25.9 Å². The molecule has 2 rings (SSSR count). The van der Waals surface area contributed by atoms with Crippen LogP contribution in [0.25, 0.3) is 0 Å². The summed E-state index contributed by atoms with van der Waals surface area (Å²) in [4.78, 5) is 12.0. The number of carbonyl (C=O) groups is 1. The molecule has 1 aliphatic heterocycles. The van der Waals surface area contributed by atoms with Crippen molar-refractivity contribution < 1.29 is 14.3 Å². The predicted octanol–water partition coefficient (Wildman–Crippen LogP) is 2.02. The van der Waals surface area contributed by atoms with Gasteiger partial charge in [-0.25, -0.2) is 0 Å². The first kappa shape index (κ1) is 19.7. The van der Waals surface area contributed by atoms with Crippen molar-refractivity contribution >= 4 is 18.3 Å². The third kappa shape index (κ3) is 5.69. The average molecular weight is 335 g/mol. The Hall–Kier alpha value is -0.360. The number of ether oxygens (including phenoxy) is 2. The van der Waals surface area contributed by atoms with E-state index in [-0.39, 0.29) is 30.5 Å². The summed E-state index contributed by atoms with van der Waals surface area (Å²) in [5.41, 5.74) is 5.57. The molecule has 1 amide bonds. The summed E-state index contributed by atoms with van der Waals surface area (Å²) in [6.07, 6.45) is 7.77. The lowest BCUT2D eigenvalue weighted by molar-refractivity contribution is -0.132. The van der Waals surface area contributed by atoms with Gasteiger partial charge in [-0.1, -0.05) is 12.8 Å². The molecule has 5 nitrogen and oxygen atoms in total. The Balaban J connectivity index is 0.00000242. The molecular weight excluding hydrogens is 304 g/mol. The Labute approximate surface area is 140 Å². The number of rotatable bonds is 8. The van der Waals surface area contributed by atoms with Crippen LogP contribution in [-0.4, -0.2) is 43.9 Å². The zero-order valence-corrected chi connectivity index (χ0v) is 14.4. The zero-order chi connectivity index (χ0) is 15.1. The molecule has 1 unspecified atom stereocenters. The summed E-state index contributed by atoms with van der Waals surface area (Å²) < 4.78 is 11.5. The molecule has 3 atom stereocenters. The maximum Gasteiger partial charge on any atom is 0.249 e. The summed E-state index contributed by atoms with van der Waals surface area (Å²) in [5, 5.41) is 3.00. The molecule has 0 bridgehead atoms. The lowest BCUT2D eigenvalue weighted by Gasteiger charge is -2.23. The zero-order valence-electron chi connectivity index (χ0n) is 13.6. The highest BCUT2D eigenvalue weighted by Crippen LogP contribution is 2.30. The molecule has 0 aromatic heterocycles. The van der Waals surface area contributed by atoms with Gasteiger partial charge in [0.2, 0.25) is 5.91 Å². The number of hydrogen-bond acceptors (Lipinski definition) is 4. The van der Waals surface area contributed by atoms with Crippen molar-refractivity contribution in [3.63, 3.8) is 0 Å². The van der Waals surface area contributed by atoms with Crippen LogP contribution in [0.2, 0.25) is 0 Å². The van der Waals surface area contributed by atoms with Crippen LogP contribution < -0.4 is 11.1 Å². The molecule has 1 saturated carbocycles. The number of nitrogens with two attached hydrogens (primary N) is 1. The maximum atomic E-state index is 12.0. The minimum absolute atomic E-state index is 0. The fraction of sp³-hybridized carbons (Fsp3) is 0.938. The lowest BCUT2D eigenvalue weighted by Crippen LogP contribution is -2.37. The molecule has 22 heavy (non-hydrogen) atoms. The molecule has 2 fully saturated rings. The van der Waals surface area contributed by atoms with Crippen molar-refractivity contribution in [1.82, 2.24) is 5.32 Å². The van der Waals surface area contributed by atoms with Crippen molar-refractivity contribution in [2.75, 3.05) is 19.7 Å². The van der Waals surface area contributed by atoms with Crippen LogP contribution in [0, 0.1) is 5.92 Å². The van der Waals surface area contributed by atoms with Crippen LogP contribution in [0.5, 0.6) is 0 Å². The van der Waals surface area contributed by atoms with Gasteiger partial charge < -0.3 is 20.5 Å². The Morgan fingerprint density at radius 3 is 2.64 bits per heavy atom. The van der Waals surface area contributed by atoms with Gasteiger partial charge in [-0.2, -0.15) is 0 Å². The number of nitrogens with one attached hydrogen (secondary N) is 1. The van der Waals surface area contributed by atoms with E-state index < -0.39 is 0 Å². The van der Waals surface area contributed by atoms with Gasteiger partial charge in [0.25, 0.3) is 0 Å². The van der Waals surface area contributed by atoms with Gasteiger partial charge in [0.05, 0.1) is 12.2 Å². The summed E-state index contributed by atoms with van der Waals surface area (Å²) in [6.45, 7) is 3.96. The molecular formula is C16H31ClN2O3. The SMILES string of the molecule is CCOC(CCNC(=O)[C@@H]1CC[C@H](CN)O1)C1CCCC1.Cl. The largest absolute Gasteiger partial charge is 0.378 e. The van der Waals surface area contributed by atoms with Crippen LogP contribution in [0.4, 0.5) is 0 Å². The van der Waals surface area contributed by atoms with Crippen LogP contribution in [0.15, 0.2) is 0 Å². The molecule has 1 heterocycles. The molecule has 3 N–H and O–H groups in total. The van der Waals surface area contributed by atoms with E-state index in [0.29, 0.717) is 25.1 Å². The van der Waals surface area contributed by atoms with E-state index in [1.807, 2.05) is 6.92 Å². The summed E-state index contributed by atoms with van der Waals surface area (Å²) in [6, 6.07) is 0. The molecule has 0 radical (unpaired) electrons. The number of hydrogen-bond donors (Lipinski definition) is 2. The first-order valence-electron chi connectivity index (χ1n) is 8.49. The van der Waals surface area contributed by atoms with Crippen molar-refractivity contribution in [3.05, 3.63) is 0 Å². The van der Waals surface area contributed by atoms with Gasteiger partial charge >= 0.3 is 0 Å². The molecule has 0 aromatic rings. The van der Waals surface area contributed by atoms with Crippen LogP contribution in [0.1, 0.15) is 51.9 Å². The predicted molar refractivity (Wildman–Crippen MR) is 89.2 cm³/mol. The highest BCUT2D eigenvalue weighted by atomic mass is 35.5. The summed E-state index contributed by atoms with van der Waals surface area (Å²) in [5.74, 6) is 0.679. The van der Waals surface area contributed by atoms with Crippen molar-refractivity contribution in [2.45, 2.75) is 70.2 Å². The Morgan fingerprint density at radius 2 is 2.05 bits per heavy atom. The second-order valence-electron chi connectivity index (χ2n) is 6.18. The highest BCUT2D eigenvalue weighted by Gasteiger charge is 2.30. The highest BCUT2D eigenvalue weighted by molar-refractivity contribution is 5.85. The van der Waals surface area contributed by atoms with Gasteiger partial charge in [0.15, 0.2) is 0 Å². The van der Waals surface area contributed by atoms with Gasteiger partial charge in [-0.15, -0.1) is 12.4 Å². The Bertz CT molecular complexity index is 325. The van der Waals surface area contributed by atoms with E-state index in [2.05, 4.69) is 5.32 Å². The van der Waals surface area contributed by atoms with Gasteiger partial charge in [-0.3, -0.25) is 4.79 Å². The summed E-state index contributed by atoms with van der Waals surface area (Å²) >= 11 is 0. The van der Waals surface area contributed by atoms with Gasteiger partial charge in [0, 0.05) is 19.7 Å². The number of carbonyl (C=O) groups excluding carboxylic acids is 1. The third-order valence-electron chi connectivity index (χ3n) is 4.70. The summed E-state index contributed by atoms with van der Waals surface area (Å²) in [7, 11) is 0. The smallest absolute Gasteiger partial charge is 0.249 e. The number of halogens is 1. The number of amides is 1. The second kappa shape index (κ2) is 10.4. The van der Waals surface area contributed by atoms with Crippen LogP contribution >= 0.6 is 12.4 Å². The Kier molecular flexibility index (Phi) is 9.33. The molecule has 2 aliphatic rings. The Morgan fingerprint density at radius 1 is 1.32 bits per heavy atom. The monoisotopic (exact) mass is 334 g/mol. The molecule has 1 saturated heterocycles. The first-order chi connectivity index (χ1) is 10.2.